The van der Waals surface area contributed by atoms with Gasteiger partial charge in [-0.05, 0) is 36.1 Å². The number of nitrogens with one attached hydrogen (secondary N) is 2. The molecule has 6 nitrogen and oxygen atoms in total. The summed E-state index contributed by atoms with van der Waals surface area (Å²) >= 11 is 0. The number of halogens is 1. The minimum atomic E-state index is -0.681. The van der Waals surface area contributed by atoms with E-state index in [0.29, 0.717) is 5.56 Å². The van der Waals surface area contributed by atoms with E-state index in [1.807, 2.05) is 18.2 Å². The molecular weight excluding hydrogens is 347 g/mol. The molecule has 1 aliphatic heterocycles. The number of amides is 1. The molecule has 1 amide bonds. The largest absolute Gasteiger partial charge is 0.364 e. The molecule has 27 heavy (non-hydrogen) atoms. The highest BCUT2D eigenvalue weighted by molar-refractivity contribution is 5.90. The van der Waals surface area contributed by atoms with Crippen LogP contribution in [0.15, 0.2) is 48.7 Å². The number of carbonyl (C=O) groups excluding carboxylic acids is 1. The van der Waals surface area contributed by atoms with Crippen molar-refractivity contribution in [3.05, 3.63) is 65.6 Å². The van der Waals surface area contributed by atoms with E-state index in [2.05, 4.69) is 27.3 Å². The van der Waals surface area contributed by atoms with Crippen LogP contribution in [0.4, 0.5) is 10.2 Å². The number of nitrogens with zero attached hydrogens (tertiary/aromatic N) is 2. The molecule has 1 atom stereocenters. The van der Waals surface area contributed by atoms with Crippen LogP contribution in [0.25, 0.3) is 6.08 Å². The Bertz CT molecular complexity index is 798. The number of carbonyl (C=O) groups is 1. The van der Waals surface area contributed by atoms with Gasteiger partial charge < -0.3 is 10.2 Å². The van der Waals surface area contributed by atoms with Gasteiger partial charge in [-0.3, -0.25) is 10.0 Å². The van der Waals surface area contributed by atoms with E-state index in [1.165, 1.54) is 29.4 Å². The second kappa shape index (κ2) is 9.25. The molecule has 0 bridgehead atoms. The molecule has 1 saturated heterocycles. The lowest BCUT2D eigenvalue weighted by molar-refractivity contribution is -0.124. The van der Waals surface area contributed by atoms with Crippen LogP contribution in [0.2, 0.25) is 0 Å². The predicted molar refractivity (Wildman–Crippen MR) is 102 cm³/mol. The van der Waals surface area contributed by atoms with Crippen molar-refractivity contribution in [2.75, 3.05) is 25.0 Å². The summed E-state index contributed by atoms with van der Waals surface area (Å²) in [6.07, 6.45) is 5.91. The molecule has 7 heteroatoms. The Kier molecular flexibility index (Phi) is 6.51. The van der Waals surface area contributed by atoms with E-state index in [0.717, 1.165) is 38.6 Å². The van der Waals surface area contributed by atoms with Gasteiger partial charge in [-0.25, -0.2) is 14.9 Å². The molecule has 2 aromatic rings. The predicted octanol–water partition coefficient (Wildman–Crippen LogP) is 2.47. The summed E-state index contributed by atoms with van der Waals surface area (Å²) in [5, 5.41) is 11.6. The van der Waals surface area contributed by atoms with Crippen molar-refractivity contribution in [2.24, 2.45) is 0 Å². The van der Waals surface area contributed by atoms with Gasteiger partial charge in [-0.2, -0.15) is 0 Å². The smallest absolute Gasteiger partial charge is 0.267 e. The molecule has 3 N–H and O–H groups in total. The van der Waals surface area contributed by atoms with Gasteiger partial charge in [-0.1, -0.05) is 30.3 Å². The highest BCUT2D eigenvalue weighted by Gasteiger charge is 2.23. The number of benzene rings is 1. The fourth-order valence-corrected chi connectivity index (χ4v) is 3.14. The SMILES string of the molecule is O=C(C=Cc1cnc(N[C@@H]2CCN(CCc3ccccc3)C2)c(F)c1)NO. The Labute approximate surface area is 157 Å². The maximum Gasteiger partial charge on any atom is 0.267 e. The van der Waals surface area contributed by atoms with Crippen LogP contribution >= 0.6 is 0 Å². The molecule has 1 aromatic carbocycles. The zero-order valence-corrected chi connectivity index (χ0v) is 14.9. The van der Waals surface area contributed by atoms with Crippen LogP contribution < -0.4 is 10.8 Å². The van der Waals surface area contributed by atoms with Gasteiger partial charge in [0.05, 0.1) is 0 Å². The van der Waals surface area contributed by atoms with E-state index in [4.69, 9.17) is 5.21 Å². The maximum absolute atomic E-state index is 14.3. The van der Waals surface area contributed by atoms with Crippen molar-refractivity contribution in [3.8, 4) is 0 Å². The zero-order valence-electron chi connectivity index (χ0n) is 14.9. The monoisotopic (exact) mass is 370 g/mol. The standard InChI is InChI=1S/C20H23FN4O2/c21-18-12-16(6-7-19(26)24-27)13-22-20(18)23-17-9-11-25(14-17)10-8-15-4-2-1-3-5-15/h1-7,12-13,17,27H,8-11,14H2,(H,22,23)(H,24,26)/t17-/m1/s1. The lowest BCUT2D eigenvalue weighted by Crippen LogP contribution is -2.28. The third kappa shape index (κ3) is 5.60. The third-order valence-electron chi connectivity index (χ3n) is 4.57. The number of hydrogen-bond donors (Lipinski definition) is 3. The average molecular weight is 370 g/mol. The van der Waals surface area contributed by atoms with Gasteiger partial charge in [0.25, 0.3) is 5.91 Å². The summed E-state index contributed by atoms with van der Waals surface area (Å²) in [5.41, 5.74) is 3.24. The van der Waals surface area contributed by atoms with E-state index >= 15 is 0 Å². The Morgan fingerprint density at radius 3 is 2.93 bits per heavy atom. The Morgan fingerprint density at radius 2 is 2.19 bits per heavy atom. The van der Waals surface area contributed by atoms with Crippen molar-refractivity contribution in [3.63, 3.8) is 0 Å². The summed E-state index contributed by atoms with van der Waals surface area (Å²) in [7, 11) is 0. The number of rotatable bonds is 7. The number of aromatic nitrogens is 1. The Morgan fingerprint density at radius 1 is 1.37 bits per heavy atom. The molecule has 0 unspecified atom stereocenters. The van der Waals surface area contributed by atoms with Gasteiger partial charge >= 0.3 is 0 Å². The summed E-state index contributed by atoms with van der Waals surface area (Å²) in [6, 6.07) is 11.8. The van der Waals surface area contributed by atoms with E-state index in [-0.39, 0.29) is 11.9 Å². The van der Waals surface area contributed by atoms with E-state index in [1.54, 1.807) is 0 Å². The summed E-state index contributed by atoms with van der Waals surface area (Å²) in [6.45, 7) is 2.81. The normalized spacial score (nSPS) is 17.3. The number of anilines is 1. The number of hydrogen-bond acceptors (Lipinski definition) is 5. The van der Waals surface area contributed by atoms with Gasteiger partial charge in [0.1, 0.15) is 0 Å². The first-order chi connectivity index (χ1) is 13.1. The molecular formula is C20H23FN4O2. The highest BCUT2D eigenvalue weighted by Crippen LogP contribution is 2.18. The summed E-state index contributed by atoms with van der Waals surface area (Å²) in [4.78, 5) is 17.4. The Balaban J connectivity index is 1.50. The summed E-state index contributed by atoms with van der Waals surface area (Å²) < 4.78 is 14.3. The highest BCUT2D eigenvalue weighted by atomic mass is 19.1. The fraction of sp³-hybridized carbons (Fsp3) is 0.300. The second-order valence-electron chi connectivity index (χ2n) is 6.57. The van der Waals surface area contributed by atoms with Gasteiger partial charge in [0.15, 0.2) is 11.6 Å². The molecule has 0 aliphatic carbocycles. The molecule has 0 radical (unpaired) electrons. The second-order valence-corrected chi connectivity index (χ2v) is 6.57. The quantitative estimate of drug-likeness (QED) is 0.397. The third-order valence-corrected chi connectivity index (χ3v) is 4.57. The van der Waals surface area contributed by atoms with Gasteiger partial charge in [0, 0.05) is 37.9 Å². The molecule has 2 heterocycles. The average Bonchev–Trinajstić information content (AvgIpc) is 3.14. The van der Waals surface area contributed by atoms with Crippen LogP contribution in [0.1, 0.15) is 17.5 Å². The molecule has 3 rings (SSSR count). The minimum Gasteiger partial charge on any atom is -0.364 e. The first-order valence-corrected chi connectivity index (χ1v) is 8.94. The minimum absolute atomic E-state index is 0.157. The van der Waals surface area contributed by atoms with Crippen molar-refractivity contribution in [1.82, 2.24) is 15.4 Å². The van der Waals surface area contributed by atoms with E-state index < -0.39 is 11.7 Å². The lowest BCUT2D eigenvalue weighted by atomic mass is 10.1. The molecule has 1 fully saturated rings. The van der Waals surface area contributed by atoms with Gasteiger partial charge in [0.2, 0.25) is 0 Å². The van der Waals surface area contributed by atoms with Crippen LogP contribution in [-0.2, 0) is 11.2 Å². The molecule has 0 saturated carbocycles. The lowest BCUT2D eigenvalue weighted by Gasteiger charge is -2.17. The van der Waals surface area contributed by atoms with Gasteiger partial charge in [-0.15, -0.1) is 0 Å². The van der Waals surface area contributed by atoms with Crippen molar-refractivity contribution in [1.29, 1.82) is 0 Å². The van der Waals surface area contributed by atoms with Crippen molar-refractivity contribution >= 4 is 17.8 Å². The van der Waals surface area contributed by atoms with Crippen LogP contribution in [-0.4, -0.2) is 46.7 Å². The molecule has 0 spiro atoms. The molecule has 1 aliphatic rings. The van der Waals surface area contributed by atoms with Crippen molar-refractivity contribution < 1.29 is 14.4 Å². The zero-order chi connectivity index (χ0) is 19.1. The summed E-state index contributed by atoms with van der Waals surface area (Å²) in [5.74, 6) is -0.933. The van der Waals surface area contributed by atoms with Crippen LogP contribution in [0.5, 0.6) is 0 Å². The Hall–Kier alpha value is -2.77. The maximum atomic E-state index is 14.3. The number of pyridine rings is 1. The van der Waals surface area contributed by atoms with Crippen molar-refractivity contribution in [2.45, 2.75) is 18.9 Å². The molecule has 142 valence electrons. The molecule has 1 aromatic heterocycles. The van der Waals surface area contributed by atoms with E-state index in [9.17, 15) is 9.18 Å². The topological polar surface area (TPSA) is 77.5 Å². The fourth-order valence-electron chi connectivity index (χ4n) is 3.14. The van der Waals surface area contributed by atoms with Crippen LogP contribution in [0, 0.1) is 5.82 Å². The first-order valence-electron chi connectivity index (χ1n) is 8.94. The number of hydroxylamine groups is 1. The number of likely N-dealkylation sites (tertiary alicyclic amines) is 1. The van der Waals surface area contributed by atoms with Crippen LogP contribution in [0.3, 0.4) is 0 Å². The first kappa shape index (κ1) is 19.0.